The fourth-order valence-corrected chi connectivity index (χ4v) is 4.36. The van der Waals surface area contributed by atoms with Gasteiger partial charge in [-0.2, -0.15) is 0 Å². The number of nitrogens with one attached hydrogen (secondary N) is 1. The molecule has 0 aliphatic carbocycles. The molecule has 1 atom stereocenters. The van der Waals surface area contributed by atoms with E-state index < -0.39 is 24.5 Å². The van der Waals surface area contributed by atoms with E-state index in [1.807, 2.05) is 19.9 Å². The first-order valence-electron chi connectivity index (χ1n) is 10.8. The molecule has 33 heavy (non-hydrogen) atoms. The van der Waals surface area contributed by atoms with Gasteiger partial charge in [0, 0.05) is 30.4 Å². The van der Waals surface area contributed by atoms with Crippen LogP contribution in [0.5, 0.6) is 0 Å². The second-order valence-corrected chi connectivity index (χ2v) is 8.63. The van der Waals surface area contributed by atoms with Gasteiger partial charge in [-0.3, -0.25) is 9.20 Å². The van der Waals surface area contributed by atoms with Gasteiger partial charge in [0.15, 0.2) is 0 Å². The molecule has 3 aromatic rings. The zero-order valence-electron chi connectivity index (χ0n) is 18.7. The highest BCUT2D eigenvalue weighted by atomic mass is 19.3. The van der Waals surface area contributed by atoms with E-state index >= 15 is 0 Å². The van der Waals surface area contributed by atoms with Gasteiger partial charge in [-0.25, -0.2) is 18.6 Å². The molecule has 0 bridgehead atoms. The van der Waals surface area contributed by atoms with Crippen molar-refractivity contribution in [2.24, 2.45) is 0 Å². The number of carbonyl (C=O) groups is 1. The predicted octanol–water partition coefficient (Wildman–Crippen LogP) is 4.42. The van der Waals surface area contributed by atoms with Crippen molar-refractivity contribution in [1.82, 2.24) is 9.38 Å². The quantitative estimate of drug-likeness (QED) is 0.591. The Balaban J connectivity index is 1.83. The van der Waals surface area contributed by atoms with Crippen molar-refractivity contribution in [3.05, 3.63) is 69.1 Å². The van der Waals surface area contributed by atoms with Crippen LogP contribution in [0.15, 0.2) is 41.3 Å². The number of fused-ring (bicyclic) bond motifs is 1. The number of anilines is 2. The molecule has 3 heterocycles. The zero-order chi connectivity index (χ0) is 23.9. The summed E-state index contributed by atoms with van der Waals surface area (Å²) in [7, 11) is 0. The highest BCUT2D eigenvalue weighted by molar-refractivity contribution is 5.94. The SMILES string of the molecule is Cc1cc(C(C)Nc2ccccc2C(=O)O)c2nc(N3CCCC(F)(F)C3)c(C)c(=O)n2c1. The van der Waals surface area contributed by atoms with Gasteiger partial charge in [0.25, 0.3) is 11.5 Å². The summed E-state index contributed by atoms with van der Waals surface area (Å²) < 4.78 is 29.6. The lowest BCUT2D eigenvalue weighted by atomic mass is 10.1. The van der Waals surface area contributed by atoms with E-state index in [1.165, 1.54) is 15.4 Å². The van der Waals surface area contributed by atoms with Gasteiger partial charge in [-0.1, -0.05) is 12.1 Å². The van der Waals surface area contributed by atoms with Crippen molar-refractivity contribution in [3.8, 4) is 0 Å². The average molecular weight is 456 g/mol. The van der Waals surface area contributed by atoms with Crippen molar-refractivity contribution in [3.63, 3.8) is 0 Å². The number of aromatic carboxylic acids is 1. The third kappa shape index (κ3) is 4.40. The van der Waals surface area contributed by atoms with E-state index in [2.05, 4.69) is 10.3 Å². The van der Waals surface area contributed by atoms with Crippen LogP contribution in [-0.2, 0) is 0 Å². The van der Waals surface area contributed by atoms with Crippen molar-refractivity contribution >= 4 is 23.1 Å². The lowest BCUT2D eigenvalue weighted by Crippen LogP contribution is -2.44. The summed E-state index contributed by atoms with van der Waals surface area (Å²) in [6.45, 7) is 5.23. The summed E-state index contributed by atoms with van der Waals surface area (Å²) in [6, 6.07) is 8.01. The molecule has 1 aromatic carbocycles. The molecule has 7 nitrogen and oxygen atoms in total. The van der Waals surface area contributed by atoms with Gasteiger partial charge in [0.05, 0.1) is 23.7 Å². The maximum absolute atomic E-state index is 14.1. The van der Waals surface area contributed by atoms with Crippen molar-refractivity contribution in [2.45, 2.75) is 45.6 Å². The van der Waals surface area contributed by atoms with E-state index in [1.54, 1.807) is 31.3 Å². The van der Waals surface area contributed by atoms with E-state index in [-0.39, 0.29) is 23.4 Å². The van der Waals surface area contributed by atoms with Crippen LogP contribution in [-0.4, -0.2) is 39.5 Å². The molecule has 0 radical (unpaired) electrons. The highest BCUT2D eigenvalue weighted by Gasteiger charge is 2.36. The second-order valence-electron chi connectivity index (χ2n) is 8.63. The van der Waals surface area contributed by atoms with E-state index in [0.29, 0.717) is 35.4 Å². The number of benzene rings is 1. The number of carboxylic acid groups (broad SMARTS) is 1. The third-order valence-corrected chi connectivity index (χ3v) is 5.98. The molecule has 2 aromatic heterocycles. The molecule has 1 aliphatic heterocycles. The Morgan fingerprint density at radius 1 is 1.27 bits per heavy atom. The molecule has 1 saturated heterocycles. The third-order valence-electron chi connectivity index (χ3n) is 5.98. The number of halogens is 2. The Morgan fingerprint density at radius 3 is 2.70 bits per heavy atom. The number of pyridine rings is 1. The molecular formula is C24H26F2N4O3. The molecule has 1 aliphatic rings. The molecule has 174 valence electrons. The fourth-order valence-electron chi connectivity index (χ4n) is 4.36. The Bertz CT molecular complexity index is 1290. The van der Waals surface area contributed by atoms with E-state index in [4.69, 9.17) is 0 Å². The first-order valence-corrected chi connectivity index (χ1v) is 10.8. The minimum atomic E-state index is -2.83. The van der Waals surface area contributed by atoms with Crippen LogP contribution in [0.4, 0.5) is 20.3 Å². The minimum Gasteiger partial charge on any atom is -0.478 e. The standard InChI is InChI=1S/C24H26F2N4O3/c1-14-11-18(16(3)27-19-8-5-4-7-17(19)23(32)33)21-28-20(15(2)22(31)30(21)12-14)29-10-6-9-24(25,26)13-29/h4-5,7-8,11-12,16,27H,6,9-10,13H2,1-3H3,(H,32,33). The summed E-state index contributed by atoms with van der Waals surface area (Å²) in [5.74, 6) is -3.62. The molecule has 2 N–H and O–H groups in total. The molecule has 0 spiro atoms. The average Bonchev–Trinajstić information content (AvgIpc) is 2.75. The summed E-state index contributed by atoms with van der Waals surface area (Å²) in [5, 5.41) is 12.7. The number of rotatable bonds is 5. The Labute approximate surface area is 189 Å². The number of piperidine rings is 1. The van der Waals surface area contributed by atoms with Crippen LogP contribution in [0, 0.1) is 13.8 Å². The van der Waals surface area contributed by atoms with Crippen molar-refractivity contribution < 1.29 is 18.7 Å². The maximum Gasteiger partial charge on any atom is 0.337 e. The van der Waals surface area contributed by atoms with Crippen LogP contribution >= 0.6 is 0 Å². The number of aryl methyl sites for hydroxylation is 1. The number of aromatic nitrogens is 2. The highest BCUT2D eigenvalue weighted by Crippen LogP contribution is 2.31. The Hall–Kier alpha value is -3.49. The summed E-state index contributed by atoms with van der Waals surface area (Å²) in [6.07, 6.45) is 1.81. The monoisotopic (exact) mass is 456 g/mol. The van der Waals surface area contributed by atoms with Gasteiger partial charge in [-0.15, -0.1) is 0 Å². The van der Waals surface area contributed by atoms with Crippen LogP contribution in [0.3, 0.4) is 0 Å². The smallest absolute Gasteiger partial charge is 0.337 e. The Kier molecular flexibility index (Phi) is 5.82. The number of hydrogen-bond acceptors (Lipinski definition) is 5. The summed E-state index contributed by atoms with van der Waals surface area (Å²) >= 11 is 0. The first kappa shape index (κ1) is 22.7. The van der Waals surface area contributed by atoms with Crippen LogP contribution < -0.4 is 15.8 Å². The van der Waals surface area contributed by atoms with Gasteiger partial charge < -0.3 is 15.3 Å². The largest absolute Gasteiger partial charge is 0.478 e. The second kappa shape index (κ2) is 8.46. The summed E-state index contributed by atoms with van der Waals surface area (Å²) in [5.41, 5.74) is 2.40. The fraction of sp³-hybridized carbons (Fsp3) is 0.375. The zero-order valence-corrected chi connectivity index (χ0v) is 18.7. The van der Waals surface area contributed by atoms with Crippen molar-refractivity contribution in [1.29, 1.82) is 0 Å². The number of hydrogen-bond donors (Lipinski definition) is 2. The van der Waals surface area contributed by atoms with E-state index in [9.17, 15) is 23.5 Å². The van der Waals surface area contributed by atoms with Gasteiger partial charge >= 0.3 is 5.97 Å². The number of nitrogens with zero attached hydrogens (tertiary/aromatic N) is 3. The predicted molar refractivity (Wildman–Crippen MR) is 123 cm³/mol. The van der Waals surface area contributed by atoms with Gasteiger partial charge in [-0.05, 0) is 51.0 Å². The molecular weight excluding hydrogens is 430 g/mol. The molecule has 1 fully saturated rings. The molecule has 0 amide bonds. The molecule has 4 rings (SSSR count). The molecule has 1 unspecified atom stereocenters. The van der Waals surface area contributed by atoms with Crippen LogP contribution in [0.2, 0.25) is 0 Å². The lowest BCUT2D eigenvalue weighted by molar-refractivity contribution is -0.0118. The van der Waals surface area contributed by atoms with Crippen LogP contribution in [0.25, 0.3) is 5.65 Å². The van der Waals surface area contributed by atoms with Gasteiger partial charge in [0.2, 0.25) is 0 Å². The first-order chi connectivity index (χ1) is 15.6. The van der Waals surface area contributed by atoms with E-state index in [0.717, 1.165) is 5.56 Å². The molecule has 0 saturated carbocycles. The maximum atomic E-state index is 14.1. The number of carboxylic acids is 1. The Morgan fingerprint density at radius 2 is 2.00 bits per heavy atom. The minimum absolute atomic E-state index is 0.124. The summed E-state index contributed by atoms with van der Waals surface area (Å²) in [4.78, 5) is 31.0. The number of para-hydroxylation sites is 1. The van der Waals surface area contributed by atoms with Crippen molar-refractivity contribution in [2.75, 3.05) is 23.3 Å². The normalized spacial score (nSPS) is 16.6. The lowest BCUT2D eigenvalue weighted by Gasteiger charge is -2.34. The number of alkyl halides is 2. The van der Waals surface area contributed by atoms with Crippen LogP contribution in [0.1, 0.15) is 52.9 Å². The molecule has 9 heteroatoms. The topological polar surface area (TPSA) is 86.9 Å². The van der Waals surface area contributed by atoms with Gasteiger partial charge in [0.1, 0.15) is 11.5 Å².